The van der Waals surface area contributed by atoms with Crippen LogP contribution in [0, 0.1) is 5.92 Å². The number of ether oxygens (including phenoxy) is 3. The maximum Gasteiger partial charge on any atom is 0.422 e. The molecule has 0 saturated carbocycles. The van der Waals surface area contributed by atoms with E-state index < -0.39 is 17.8 Å². The summed E-state index contributed by atoms with van der Waals surface area (Å²) in [5, 5.41) is 0. The fraction of sp³-hybridized carbons (Fsp3) is 0.667. The molecule has 2 unspecified atom stereocenters. The molecule has 1 aromatic rings. The number of rotatable bonds is 7. The van der Waals surface area contributed by atoms with Crippen molar-refractivity contribution < 1.29 is 23.8 Å². The van der Waals surface area contributed by atoms with Gasteiger partial charge >= 0.3 is 17.8 Å². The molecule has 4 heterocycles. The number of unbranched alkanes of at least 4 members (excludes halogenated alkanes) is 3. The van der Waals surface area contributed by atoms with E-state index in [9.17, 15) is 9.59 Å². The molecule has 2 saturated heterocycles. The Morgan fingerprint density at radius 2 is 2.07 bits per heavy atom. The first-order chi connectivity index (χ1) is 13.1. The SMILES string of the molecule is CCCCCCOc1nsnc1C1=CC2CCCN(C2)C12OC(=O)C(=O)O2. The molecule has 9 heteroatoms. The van der Waals surface area contributed by atoms with Crippen LogP contribution in [0.5, 0.6) is 5.88 Å². The Morgan fingerprint density at radius 1 is 1.26 bits per heavy atom. The first kappa shape index (κ1) is 18.4. The number of carbonyl (C=O) groups is 2. The molecule has 0 N–H and O–H groups in total. The lowest BCUT2D eigenvalue weighted by Crippen LogP contribution is -2.57. The fourth-order valence-corrected chi connectivity index (χ4v) is 4.40. The molecule has 2 bridgehead atoms. The second kappa shape index (κ2) is 7.55. The average Bonchev–Trinajstić information content (AvgIpc) is 3.24. The topological polar surface area (TPSA) is 90.9 Å². The summed E-state index contributed by atoms with van der Waals surface area (Å²) in [7, 11) is 0. The highest BCUT2D eigenvalue weighted by Gasteiger charge is 2.60. The maximum atomic E-state index is 11.9. The minimum Gasteiger partial charge on any atom is -0.475 e. The number of fused-ring (bicyclic) bond motifs is 3. The van der Waals surface area contributed by atoms with Gasteiger partial charge < -0.3 is 14.2 Å². The summed E-state index contributed by atoms with van der Waals surface area (Å²) in [4.78, 5) is 25.6. The van der Waals surface area contributed by atoms with E-state index in [4.69, 9.17) is 14.2 Å². The Labute approximate surface area is 161 Å². The van der Waals surface area contributed by atoms with Crippen LogP contribution in [0.3, 0.4) is 0 Å². The van der Waals surface area contributed by atoms with E-state index in [1.54, 1.807) is 0 Å². The lowest BCUT2D eigenvalue weighted by atomic mass is 9.87. The van der Waals surface area contributed by atoms with E-state index in [0.29, 0.717) is 36.8 Å². The number of carbonyl (C=O) groups excluding carboxylic acids is 2. The summed E-state index contributed by atoms with van der Waals surface area (Å²) < 4.78 is 25.4. The number of piperidine rings is 1. The molecule has 8 nitrogen and oxygen atoms in total. The van der Waals surface area contributed by atoms with Gasteiger partial charge in [-0.15, -0.1) is 4.37 Å². The largest absolute Gasteiger partial charge is 0.475 e. The quantitative estimate of drug-likeness (QED) is 0.396. The molecule has 1 spiro atoms. The van der Waals surface area contributed by atoms with Gasteiger partial charge in [-0.05, 0) is 25.2 Å². The summed E-state index contributed by atoms with van der Waals surface area (Å²) in [5.41, 5.74) is 1.05. The first-order valence-corrected chi connectivity index (χ1v) is 10.3. The highest BCUT2D eigenvalue weighted by atomic mass is 32.1. The van der Waals surface area contributed by atoms with Crippen molar-refractivity contribution in [2.24, 2.45) is 5.92 Å². The van der Waals surface area contributed by atoms with Crippen molar-refractivity contribution in [3.8, 4) is 5.88 Å². The molecular formula is C18H23N3O5S. The van der Waals surface area contributed by atoms with Crippen LogP contribution < -0.4 is 4.74 Å². The predicted molar refractivity (Wildman–Crippen MR) is 96.7 cm³/mol. The average molecular weight is 393 g/mol. The molecule has 0 radical (unpaired) electrons. The third-order valence-electron chi connectivity index (χ3n) is 5.20. The Morgan fingerprint density at radius 3 is 2.85 bits per heavy atom. The Balaban J connectivity index is 1.61. The van der Waals surface area contributed by atoms with Gasteiger partial charge in [-0.25, -0.2) is 14.5 Å². The van der Waals surface area contributed by atoms with Crippen LogP contribution >= 0.6 is 11.7 Å². The Hall–Kier alpha value is -2.00. The molecule has 3 aliphatic rings. The lowest BCUT2D eigenvalue weighted by molar-refractivity contribution is -0.223. The summed E-state index contributed by atoms with van der Waals surface area (Å²) in [6, 6.07) is 0. The summed E-state index contributed by atoms with van der Waals surface area (Å²) in [6.07, 6.45) is 8.34. The molecule has 0 amide bonds. The van der Waals surface area contributed by atoms with Gasteiger partial charge in [-0.2, -0.15) is 4.37 Å². The second-order valence-electron chi connectivity index (χ2n) is 7.12. The first-order valence-electron chi connectivity index (χ1n) is 9.53. The van der Waals surface area contributed by atoms with E-state index in [-0.39, 0.29) is 5.92 Å². The number of nitrogens with zero attached hydrogens (tertiary/aromatic N) is 3. The number of esters is 2. The van der Waals surface area contributed by atoms with Crippen molar-refractivity contribution in [1.29, 1.82) is 0 Å². The van der Waals surface area contributed by atoms with Gasteiger partial charge in [0.05, 0.1) is 23.9 Å². The number of aromatic nitrogens is 2. The Bertz CT molecular complexity index is 746. The van der Waals surface area contributed by atoms with Gasteiger partial charge in [0.1, 0.15) is 0 Å². The normalized spacial score (nSPS) is 25.9. The van der Waals surface area contributed by atoms with Crippen LogP contribution in [0.4, 0.5) is 0 Å². The van der Waals surface area contributed by atoms with E-state index in [2.05, 4.69) is 15.7 Å². The van der Waals surface area contributed by atoms with Crippen LogP contribution in [0.15, 0.2) is 6.08 Å². The van der Waals surface area contributed by atoms with E-state index >= 15 is 0 Å². The zero-order valence-corrected chi connectivity index (χ0v) is 16.1. The summed E-state index contributed by atoms with van der Waals surface area (Å²) >= 11 is 1.03. The maximum absolute atomic E-state index is 11.9. The van der Waals surface area contributed by atoms with Crippen LogP contribution in [0.1, 0.15) is 51.1 Å². The highest BCUT2D eigenvalue weighted by Crippen LogP contribution is 2.47. The van der Waals surface area contributed by atoms with Gasteiger partial charge in [0, 0.05) is 13.1 Å². The molecule has 0 aliphatic carbocycles. The molecule has 146 valence electrons. The van der Waals surface area contributed by atoms with Gasteiger partial charge in [0.25, 0.3) is 5.88 Å². The smallest absolute Gasteiger partial charge is 0.422 e. The lowest BCUT2D eigenvalue weighted by Gasteiger charge is -2.45. The van der Waals surface area contributed by atoms with Gasteiger partial charge in [-0.1, -0.05) is 32.3 Å². The van der Waals surface area contributed by atoms with Crippen molar-refractivity contribution in [2.75, 3.05) is 19.7 Å². The van der Waals surface area contributed by atoms with Crippen molar-refractivity contribution in [3.05, 3.63) is 11.8 Å². The number of hydrogen-bond donors (Lipinski definition) is 0. The molecule has 3 aliphatic heterocycles. The monoisotopic (exact) mass is 393 g/mol. The second-order valence-corrected chi connectivity index (χ2v) is 7.65. The predicted octanol–water partition coefficient (Wildman–Crippen LogP) is 2.36. The van der Waals surface area contributed by atoms with Gasteiger partial charge in [-0.3, -0.25) is 0 Å². The van der Waals surface area contributed by atoms with E-state index in [1.807, 2.05) is 11.0 Å². The molecule has 2 atom stereocenters. The third-order valence-corrected chi connectivity index (χ3v) is 5.71. The molecular weight excluding hydrogens is 370 g/mol. The molecule has 27 heavy (non-hydrogen) atoms. The fourth-order valence-electron chi connectivity index (χ4n) is 3.89. The Kier molecular flexibility index (Phi) is 5.14. The zero-order valence-electron chi connectivity index (χ0n) is 15.3. The van der Waals surface area contributed by atoms with Crippen LogP contribution in [-0.2, 0) is 19.1 Å². The minimum atomic E-state index is -1.54. The van der Waals surface area contributed by atoms with Crippen LogP contribution in [0.25, 0.3) is 5.57 Å². The zero-order chi connectivity index (χ0) is 18.9. The van der Waals surface area contributed by atoms with Crippen LogP contribution in [0.2, 0.25) is 0 Å². The molecule has 1 aromatic heterocycles. The van der Waals surface area contributed by atoms with Crippen molar-refractivity contribution in [3.63, 3.8) is 0 Å². The summed E-state index contributed by atoms with van der Waals surface area (Å²) in [6.45, 7) is 4.06. The highest BCUT2D eigenvalue weighted by molar-refractivity contribution is 6.99. The number of hydrogen-bond acceptors (Lipinski definition) is 9. The van der Waals surface area contributed by atoms with Crippen molar-refractivity contribution in [1.82, 2.24) is 13.6 Å². The van der Waals surface area contributed by atoms with Gasteiger partial charge in [0.2, 0.25) is 0 Å². The minimum absolute atomic E-state index is 0.288. The molecule has 4 rings (SSSR count). The van der Waals surface area contributed by atoms with Crippen molar-refractivity contribution in [2.45, 2.75) is 51.4 Å². The van der Waals surface area contributed by atoms with E-state index in [1.165, 1.54) is 6.42 Å². The van der Waals surface area contributed by atoms with E-state index in [0.717, 1.165) is 43.8 Å². The standard InChI is InChI=1S/C18H23N3O5S/c1-2-3-4-5-9-24-15-14(19-27-20-15)13-10-12-7-6-8-21(11-12)18(13)25-16(22)17(23)26-18/h10,12H,2-9,11H2,1H3. The van der Waals surface area contributed by atoms with Crippen molar-refractivity contribution >= 4 is 29.2 Å². The molecule has 2 fully saturated rings. The van der Waals surface area contributed by atoms with Crippen LogP contribution in [-0.4, -0.2) is 51.2 Å². The van der Waals surface area contributed by atoms with Gasteiger partial charge in [0.15, 0.2) is 5.69 Å². The molecule has 0 aromatic carbocycles. The summed E-state index contributed by atoms with van der Waals surface area (Å²) in [5.74, 6) is -2.80. The third kappa shape index (κ3) is 3.34.